The Kier molecular flexibility index (Phi) is 6.89. The molecular weight excluding hydrogens is 791 g/mol. The molecule has 0 fully saturated rings. The van der Waals surface area contributed by atoms with Gasteiger partial charge in [-0.1, -0.05) is 140 Å². The summed E-state index contributed by atoms with van der Waals surface area (Å²) in [5, 5.41) is 12.5. The van der Waals surface area contributed by atoms with Crippen LogP contribution in [-0.4, -0.2) is 23.5 Å². The standard InChI is InChI=1S/C60H35N5/c1-2-15-39(16-3-1)63-50-23-11-6-18-42(50)44-32-28-38(34-54(44)63)58-57(61-48-21-9-10-22-49(48)62-58)37-26-30-40(31-27-37)64-53-33-29-36-14-4-5-17-41(36)55(53)47-35-46-43-19-7-12-24-51(43)65-52-25-13-8-20-45(52)56(59(46)65)60(47)64/h1-35H. The number of nitrogens with zero attached hydrogens (tertiary/aromatic N) is 5. The van der Waals surface area contributed by atoms with Gasteiger partial charge in [0.25, 0.3) is 0 Å². The van der Waals surface area contributed by atoms with Crippen LogP contribution in [0.1, 0.15) is 0 Å². The Hall–Kier alpha value is -8.80. The number of fused-ring (bicyclic) bond motifs is 16. The van der Waals surface area contributed by atoms with Gasteiger partial charge in [-0.25, -0.2) is 9.97 Å². The van der Waals surface area contributed by atoms with E-state index in [1.165, 1.54) is 87.0 Å². The molecule has 0 amide bonds. The van der Waals surface area contributed by atoms with Gasteiger partial charge in [0, 0.05) is 65.6 Å². The molecule has 0 saturated heterocycles. The van der Waals surface area contributed by atoms with Crippen LogP contribution in [0.3, 0.4) is 0 Å². The molecule has 300 valence electrons. The zero-order valence-electron chi connectivity index (χ0n) is 34.9. The first-order chi connectivity index (χ1) is 32.3. The fourth-order valence-corrected chi connectivity index (χ4v) is 11.2. The van der Waals surface area contributed by atoms with Crippen molar-refractivity contribution < 1.29 is 0 Å². The van der Waals surface area contributed by atoms with Crippen LogP contribution in [0.25, 0.3) is 137 Å². The summed E-state index contributed by atoms with van der Waals surface area (Å²) in [7, 11) is 0. The minimum atomic E-state index is 0.851. The van der Waals surface area contributed by atoms with Crippen molar-refractivity contribution in [2.45, 2.75) is 0 Å². The molecule has 15 aromatic rings. The van der Waals surface area contributed by atoms with Crippen LogP contribution in [0, 0.1) is 0 Å². The third-order valence-electron chi connectivity index (χ3n) is 13.9. The van der Waals surface area contributed by atoms with E-state index in [0.29, 0.717) is 0 Å². The monoisotopic (exact) mass is 825 g/mol. The normalized spacial score (nSPS) is 12.3. The molecule has 65 heavy (non-hydrogen) atoms. The summed E-state index contributed by atoms with van der Waals surface area (Å²) in [6, 6.07) is 76.9. The molecule has 0 radical (unpaired) electrons. The number of hydrogen-bond acceptors (Lipinski definition) is 2. The lowest BCUT2D eigenvalue weighted by atomic mass is 10.0. The lowest BCUT2D eigenvalue weighted by Gasteiger charge is -2.14. The molecule has 0 aliphatic rings. The number of hydrogen-bond donors (Lipinski definition) is 0. The van der Waals surface area contributed by atoms with Gasteiger partial charge >= 0.3 is 0 Å². The molecule has 0 saturated carbocycles. The maximum absolute atomic E-state index is 5.39. The highest BCUT2D eigenvalue weighted by atomic mass is 15.0. The third kappa shape index (κ3) is 4.71. The number of rotatable bonds is 4. The van der Waals surface area contributed by atoms with Crippen molar-refractivity contribution >= 4 is 104 Å². The zero-order chi connectivity index (χ0) is 42.3. The molecule has 0 N–H and O–H groups in total. The predicted molar refractivity (Wildman–Crippen MR) is 271 cm³/mol. The summed E-state index contributed by atoms with van der Waals surface area (Å²) in [5.74, 6) is 0. The maximum Gasteiger partial charge on any atom is 0.0973 e. The molecule has 10 aromatic carbocycles. The summed E-state index contributed by atoms with van der Waals surface area (Å²) in [5.41, 5.74) is 16.1. The molecule has 0 aliphatic carbocycles. The van der Waals surface area contributed by atoms with Crippen LogP contribution in [-0.2, 0) is 0 Å². The Labute approximate surface area is 371 Å². The lowest BCUT2D eigenvalue weighted by molar-refractivity contribution is 1.18. The van der Waals surface area contributed by atoms with Crippen LogP contribution in [0.4, 0.5) is 0 Å². The number of benzene rings is 10. The molecule has 5 heteroatoms. The highest BCUT2D eigenvalue weighted by molar-refractivity contribution is 6.36. The van der Waals surface area contributed by atoms with E-state index >= 15 is 0 Å². The first-order valence-electron chi connectivity index (χ1n) is 22.3. The van der Waals surface area contributed by atoms with E-state index in [1.54, 1.807) is 0 Å². The minimum absolute atomic E-state index is 0.851. The first kappa shape index (κ1) is 34.7. The molecule has 5 aromatic heterocycles. The number of aromatic nitrogens is 5. The third-order valence-corrected chi connectivity index (χ3v) is 13.9. The van der Waals surface area contributed by atoms with Crippen molar-refractivity contribution in [3.05, 3.63) is 212 Å². The molecule has 0 unspecified atom stereocenters. The van der Waals surface area contributed by atoms with Gasteiger partial charge in [0.05, 0.1) is 61.0 Å². The van der Waals surface area contributed by atoms with Crippen molar-refractivity contribution in [3.8, 4) is 33.9 Å². The fourth-order valence-electron chi connectivity index (χ4n) is 11.2. The van der Waals surface area contributed by atoms with Gasteiger partial charge in [-0.3, -0.25) is 0 Å². The Balaban J connectivity index is 0.987. The van der Waals surface area contributed by atoms with Gasteiger partial charge < -0.3 is 13.5 Å². The van der Waals surface area contributed by atoms with E-state index in [0.717, 1.165) is 50.4 Å². The predicted octanol–water partition coefficient (Wildman–Crippen LogP) is 15.5. The van der Waals surface area contributed by atoms with Gasteiger partial charge in [-0.15, -0.1) is 0 Å². The summed E-state index contributed by atoms with van der Waals surface area (Å²) in [6.45, 7) is 0. The molecular formula is C60H35N5. The summed E-state index contributed by atoms with van der Waals surface area (Å²) in [6.07, 6.45) is 0. The van der Waals surface area contributed by atoms with Gasteiger partial charge in [0.15, 0.2) is 0 Å². The minimum Gasteiger partial charge on any atom is -0.309 e. The van der Waals surface area contributed by atoms with Crippen LogP contribution in [0.15, 0.2) is 212 Å². The highest BCUT2D eigenvalue weighted by Crippen LogP contribution is 2.48. The Morgan fingerprint density at radius 1 is 0.292 bits per heavy atom. The number of para-hydroxylation sites is 6. The fraction of sp³-hybridized carbons (Fsp3) is 0. The maximum atomic E-state index is 5.39. The Morgan fingerprint density at radius 3 is 1.63 bits per heavy atom. The van der Waals surface area contributed by atoms with Crippen LogP contribution in [0.5, 0.6) is 0 Å². The molecule has 0 atom stereocenters. The molecule has 0 aliphatic heterocycles. The Morgan fingerprint density at radius 2 is 0.862 bits per heavy atom. The van der Waals surface area contributed by atoms with E-state index in [2.05, 4.69) is 214 Å². The molecule has 5 nitrogen and oxygen atoms in total. The van der Waals surface area contributed by atoms with E-state index < -0.39 is 0 Å². The SMILES string of the molecule is c1ccc(-n2c3ccccc3c3ccc(-c4nc5ccccc5nc4-c4ccc(-n5c6ccc7ccccc7c6c6cc7c8ccccc8n8c9ccccc9c(c65)c78)cc4)cc32)cc1. The van der Waals surface area contributed by atoms with E-state index in [4.69, 9.17) is 9.97 Å². The van der Waals surface area contributed by atoms with Crippen molar-refractivity contribution in [2.24, 2.45) is 0 Å². The first-order valence-corrected chi connectivity index (χ1v) is 22.3. The highest BCUT2D eigenvalue weighted by Gasteiger charge is 2.25. The van der Waals surface area contributed by atoms with Crippen LogP contribution in [0.2, 0.25) is 0 Å². The molecule has 0 spiro atoms. The average Bonchev–Trinajstić information content (AvgIpc) is 4.10. The topological polar surface area (TPSA) is 40.0 Å². The second kappa shape index (κ2) is 12.9. The largest absolute Gasteiger partial charge is 0.309 e. The van der Waals surface area contributed by atoms with Gasteiger partial charge in [-0.2, -0.15) is 0 Å². The van der Waals surface area contributed by atoms with E-state index in [9.17, 15) is 0 Å². The van der Waals surface area contributed by atoms with E-state index in [-0.39, 0.29) is 0 Å². The second-order valence-corrected chi connectivity index (χ2v) is 17.3. The summed E-state index contributed by atoms with van der Waals surface area (Å²) in [4.78, 5) is 10.8. The summed E-state index contributed by atoms with van der Waals surface area (Å²) >= 11 is 0. The second-order valence-electron chi connectivity index (χ2n) is 17.3. The Bertz CT molecular complexity index is 4460. The molecule has 0 bridgehead atoms. The molecule has 5 heterocycles. The smallest absolute Gasteiger partial charge is 0.0973 e. The van der Waals surface area contributed by atoms with Crippen LogP contribution >= 0.6 is 0 Å². The lowest BCUT2D eigenvalue weighted by Crippen LogP contribution is -1.98. The zero-order valence-corrected chi connectivity index (χ0v) is 34.9. The van der Waals surface area contributed by atoms with Crippen molar-refractivity contribution in [1.82, 2.24) is 23.5 Å². The van der Waals surface area contributed by atoms with Gasteiger partial charge in [0.1, 0.15) is 0 Å². The van der Waals surface area contributed by atoms with Crippen molar-refractivity contribution in [2.75, 3.05) is 0 Å². The van der Waals surface area contributed by atoms with Crippen LogP contribution < -0.4 is 0 Å². The van der Waals surface area contributed by atoms with Crippen molar-refractivity contribution in [1.29, 1.82) is 0 Å². The van der Waals surface area contributed by atoms with Crippen molar-refractivity contribution in [3.63, 3.8) is 0 Å². The van der Waals surface area contributed by atoms with E-state index in [1.807, 2.05) is 12.1 Å². The quantitative estimate of drug-likeness (QED) is 0.177. The average molecular weight is 826 g/mol. The summed E-state index contributed by atoms with van der Waals surface area (Å²) < 4.78 is 7.35. The van der Waals surface area contributed by atoms with Gasteiger partial charge in [-0.05, 0) is 83.6 Å². The van der Waals surface area contributed by atoms with Gasteiger partial charge in [0.2, 0.25) is 0 Å². The molecule has 15 rings (SSSR count).